The average molecular weight is 301 g/mol. The molecular formula is C13H14F3N3S. The van der Waals surface area contributed by atoms with Crippen molar-refractivity contribution in [3.05, 3.63) is 51.5 Å². The number of benzene rings is 1. The average Bonchev–Trinajstić information content (AvgIpc) is 2.87. The SMILES string of the molecule is Cc1ccccc1CC(NN)c1cnc(C(F)(F)F)s1. The van der Waals surface area contributed by atoms with E-state index in [-0.39, 0.29) is 6.04 Å². The molecule has 3 nitrogen and oxygen atoms in total. The molecule has 20 heavy (non-hydrogen) atoms. The Labute approximate surface area is 118 Å². The number of alkyl halides is 3. The molecule has 0 saturated heterocycles. The Morgan fingerprint density at radius 1 is 1.35 bits per heavy atom. The number of hydrazine groups is 1. The van der Waals surface area contributed by atoms with E-state index in [0.717, 1.165) is 11.1 Å². The van der Waals surface area contributed by atoms with Crippen LogP contribution in [0.15, 0.2) is 30.5 Å². The minimum absolute atomic E-state index is 0.385. The quantitative estimate of drug-likeness (QED) is 0.673. The van der Waals surface area contributed by atoms with Crippen LogP contribution in [0.4, 0.5) is 13.2 Å². The first-order valence-electron chi connectivity index (χ1n) is 5.95. The molecule has 0 aliphatic carbocycles. The Morgan fingerprint density at radius 2 is 2.05 bits per heavy atom. The van der Waals surface area contributed by atoms with Crippen LogP contribution >= 0.6 is 11.3 Å². The second kappa shape index (κ2) is 5.90. The molecule has 108 valence electrons. The molecule has 2 rings (SSSR count). The van der Waals surface area contributed by atoms with Gasteiger partial charge >= 0.3 is 6.18 Å². The van der Waals surface area contributed by atoms with E-state index in [2.05, 4.69) is 10.4 Å². The van der Waals surface area contributed by atoms with Crippen LogP contribution in [0, 0.1) is 6.92 Å². The smallest absolute Gasteiger partial charge is 0.271 e. The van der Waals surface area contributed by atoms with Crippen molar-refractivity contribution in [3.8, 4) is 0 Å². The van der Waals surface area contributed by atoms with Gasteiger partial charge in [-0.2, -0.15) is 13.2 Å². The lowest BCUT2D eigenvalue weighted by Gasteiger charge is -2.15. The molecule has 0 aliphatic heterocycles. The van der Waals surface area contributed by atoms with Crippen molar-refractivity contribution < 1.29 is 13.2 Å². The second-order valence-corrected chi connectivity index (χ2v) is 5.48. The van der Waals surface area contributed by atoms with Gasteiger partial charge in [0.05, 0.1) is 6.04 Å². The van der Waals surface area contributed by atoms with Crippen molar-refractivity contribution in [2.45, 2.75) is 25.6 Å². The molecule has 1 aromatic carbocycles. The maximum Gasteiger partial charge on any atom is 0.443 e. The lowest BCUT2D eigenvalue weighted by atomic mass is 10.0. The minimum Gasteiger partial charge on any atom is -0.271 e. The lowest BCUT2D eigenvalue weighted by molar-refractivity contribution is -0.137. The summed E-state index contributed by atoms with van der Waals surface area (Å²) in [4.78, 5) is 3.89. The van der Waals surface area contributed by atoms with Gasteiger partial charge in [-0.1, -0.05) is 24.3 Å². The van der Waals surface area contributed by atoms with Gasteiger partial charge in [-0.15, -0.1) is 11.3 Å². The summed E-state index contributed by atoms with van der Waals surface area (Å²) in [6.07, 6.45) is -2.66. The van der Waals surface area contributed by atoms with Crippen LogP contribution in [-0.4, -0.2) is 4.98 Å². The Hall–Kier alpha value is -1.44. The number of nitrogens with one attached hydrogen (secondary N) is 1. The Kier molecular flexibility index (Phi) is 4.42. The first-order chi connectivity index (χ1) is 9.41. The first-order valence-corrected chi connectivity index (χ1v) is 6.77. The van der Waals surface area contributed by atoms with Crippen LogP contribution in [0.5, 0.6) is 0 Å². The van der Waals surface area contributed by atoms with Gasteiger partial charge in [0.25, 0.3) is 0 Å². The molecule has 2 aromatic rings. The van der Waals surface area contributed by atoms with Crippen LogP contribution in [0.2, 0.25) is 0 Å². The molecule has 3 N–H and O–H groups in total. The third kappa shape index (κ3) is 3.36. The van der Waals surface area contributed by atoms with E-state index in [1.54, 1.807) is 0 Å². The second-order valence-electron chi connectivity index (χ2n) is 4.42. The highest BCUT2D eigenvalue weighted by atomic mass is 32.1. The number of thiazole rings is 1. The van der Waals surface area contributed by atoms with Crippen LogP contribution in [0.3, 0.4) is 0 Å². The fraction of sp³-hybridized carbons (Fsp3) is 0.308. The summed E-state index contributed by atoms with van der Waals surface area (Å²) in [5, 5.41) is -0.850. The van der Waals surface area contributed by atoms with E-state index < -0.39 is 11.2 Å². The zero-order valence-electron chi connectivity index (χ0n) is 10.7. The van der Waals surface area contributed by atoms with E-state index >= 15 is 0 Å². The molecule has 0 saturated carbocycles. The third-order valence-corrected chi connectivity index (χ3v) is 4.15. The zero-order valence-corrected chi connectivity index (χ0v) is 11.6. The molecule has 7 heteroatoms. The van der Waals surface area contributed by atoms with Crippen molar-refractivity contribution in [2.75, 3.05) is 0 Å². The summed E-state index contributed by atoms with van der Waals surface area (Å²) in [5.74, 6) is 5.47. The van der Waals surface area contributed by atoms with Crippen LogP contribution in [-0.2, 0) is 12.6 Å². The maximum absolute atomic E-state index is 12.6. The van der Waals surface area contributed by atoms with Crippen LogP contribution in [0.25, 0.3) is 0 Å². The number of nitrogens with two attached hydrogens (primary N) is 1. The van der Waals surface area contributed by atoms with Gasteiger partial charge < -0.3 is 0 Å². The Morgan fingerprint density at radius 3 is 2.60 bits per heavy atom. The predicted octanol–water partition coefficient (Wildman–Crippen LogP) is 3.22. The molecule has 1 heterocycles. The molecule has 1 aromatic heterocycles. The van der Waals surface area contributed by atoms with Crippen molar-refractivity contribution in [1.29, 1.82) is 0 Å². The van der Waals surface area contributed by atoms with Crippen LogP contribution < -0.4 is 11.3 Å². The highest BCUT2D eigenvalue weighted by molar-refractivity contribution is 7.11. The fourth-order valence-electron chi connectivity index (χ4n) is 1.88. The summed E-state index contributed by atoms with van der Waals surface area (Å²) in [5.41, 5.74) is 4.68. The van der Waals surface area contributed by atoms with Crippen molar-refractivity contribution in [2.24, 2.45) is 5.84 Å². The largest absolute Gasteiger partial charge is 0.443 e. The number of hydrogen-bond acceptors (Lipinski definition) is 4. The fourth-order valence-corrected chi connectivity index (χ4v) is 2.72. The number of aromatic nitrogens is 1. The summed E-state index contributed by atoms with van der Waals surface area (Å²) in [6, 6.07) is 7.31. The zero-order chi connectivity index (χ0) is 14.8. The van der Waals surface area contributed by atoms with Gasteiger partial charge in [-0.25, -0.2) is 4.98 Å². The number of rotatable bonds is 4. The predicted molar refractivity (Wildman–Crippen MR) is 72.1 cm³/mol. The van der Waals surface area contributed by atoms with E-state index in [1.165, 1.54) is 6.20 Å². The molecule has 0 radical (unpaired) electrons. The summed E-state index contributed by atoms with van der Waals surface area (Å²) < 4.78 is 37.7. The third-order valence-electron chi connectivity index (χ3n) is 3.00. The highest BCUT2D eigenvalue weighted by Crippen LogP contribution is 2.35. The topological polar surface area (TPSA) is 50.9 Å². The molecule has 0 amide bonds. The molecule has 0 bridgehead atoms. The normalized spacial score (nSPS) is 13.4. The van der Waals surface area contributed by atoms with Crippen molar-refractivity contribution >= 4 is 11.3 Å². The van der Waals surface area contributed by atoms with Gasteiger partial charge in [0.1, 0.15) is 0 Å². The maximum atomic E-state index is 12.6. The van der Waals surface area contributed by atoms with Crippen molar-refractivity contribution in [3.63, 3.8) is 0 Å². The van der Waals surface area contributed by atoms with E-state index in [0.29, 0.717) is 22.6 Å². The molecule has 0 spiro atoms. The number of halogens is 3. The molecular weight excluding hydrogens is 287 g/mol. The van der Waals surface area contributed by atoms with E-state index in [9.17, 15) is 13.2 Å². The standard InChI is InChI=1S/C13H14F3N3S/c1-8-4-2-3-5-9(8)6-10(19-17)11-7-18-12(20-11)13(14,15)16/h2-5,7,10,19H,6,17H2,1H3. The minimum atomic E-state index is -4.41. The van der Waals surface area contributed by atoms with E-state index in [4.69, 9.17) is 5.84 Å². The first kappa shape index (κ1) is 15.0. The van der Waals surface area contributed by atoms with Gasteiger partial charge in [0, 0.05) is 11.1 Å². The Bertz CT molecular complexity index is 580. The van der Waals surface area contributed by atoms with Gasteiger partial charge in [-0.3, -0.25) is 11.3 Å². The summed E-state index contributed by atoms with van der Waals surface area (Å²) in [7, 11) is 0. The molecule has 1 atom stereocenters. The highest BCUT2D eigenvalue weighted by Gasteiger charge is 2.35. The molecule has 1 unspecified atom stereocenters. The molecule has 0 aliphatic rings. The summed E-state index contributed by atoms with van der Waals surface area (Å²) in [6.45, 7) is 1.96. The van der Waals surface area contributed by atoms with Gasteiger partial charge in [-0.05, 0) is 24.5 Å². The van der Waals surface area contributed by atoms with Crippen LogP contribution in [0.1, 0.15) is 27.1 Å². The van der Waals surface area contributed by atoms with Crippen molar-refractivity contribution in [1.82, 2.24) is 10.4 Å². The van der Waals surface area contributed by atoms with Gasteiger partial charge in [0.15, 0.2) is 5.01 Å². The number of hydrogen-bond donors (Lipinski definition) is 2. The molecule has 0 fully saturated rings. The number of nitrogens with zero attached hydrogens (tertiary/aromatic N) is 1. The summed E-state index contributed by atoms with van der Waals surface area (Å²) >= 11 is 0.619. The number of aryl methyl sites for hydroxylation is 1. The van der Waals surface area contributed by atoms with E-state index in [1.807, 2.05) is 31.2 Å². The van der Waals surface area contributed by atoms with Gasteiger partial charge in [0.2, 0.25) is 0 Å². The Balaban J connectivity index is 2.21. The monoisotopic (exact) mass is 301 g/mol. The lowest BCUT2D eigenvalue weighted by Crippen LogP contribution is -2.29.